The van der Waals surface area contributed by atoms with Crippen LogP contribution in [0.5, 0.6) is 11.8 Å². The number of aromatic amines is 1. The lowest BCUT2D eigenvalue weighted by molar-refractivity contribution is 0.436. The number of rotatable bonds is 3. The van der Waals surface area contributed by atoms with Gasteiger partial charge in [-0.25, -0.2) is 4.98 Å². The van der Waals surface area contributed by atoms with E-state index in [9.17, 15) is 0 Å². The van der Waals surface area contributed by atoms with Crippen molar-refractivity contribution in [3.8, 4) is 11.8 Å². The molecule has 90 valence electrons. The van der Waals surface area contributed by atoms with Crippen LogP contribution in [0.3, 0.4) is 0 Å². The molecule has 0 fully saturated rings. The molecule has 0 atom stereocenters. The zero-order chi connectivity index (χ0) is 12.4. The van der Waals surface area contributed by atoms with Crippen LogP contribution >= 0.6 is 0 Å². The molecule has 17 heavy (non-hydrogen) atoms. The maximum Gasteiger partial charge on any atom is 0.240 e. The van der Waals surface area contributed by atoms with Crippen molar-refractivity contribution in [2.45, 2.75) is 27.2 Å². The summed E-state index contributed by atoms with van der Waals surface area (Å²) in [6.45, 7) is 5.69. The SMILES string of the molecule is CCc1nc(N)c(C)c(Oc2cc(C)[nH]n2)n1. The van der Waals surface area contributed by atoms with Crippen LogP contribution in [0.2, 0.25) is 0 Å². The molecule has 0 amide bonds. The van der Waals surface area contributed by atoms with Crippen molar-refractivity contribution in [3.05, 3.63) is 23.1 Å². The molecule has 6 heteroatoms. The highest BCUT2D eigenvalue weighted by molar-refractivity contribution is 5.45. The monoisotopic (exact) mass is 233 g/mol. The Morgan fingerprint density at radius 1 is 1.35 bits per heavy atom. The normalized spacial score (nSPS) is 10.5. The second-order valence-electron chi connectivity index (χ2n) is 3.80. The van der Waals surface area contributed by atoms with Crippen LogP contribution in [0.1, 0.15) is 24.0 Å². The van der Waals surface area contributed by atoms with E-state index in [-0.39, 0.29) is 0 Å². The van der Waals surface area contributed by atoms with Gasteiger partial charge in [0, 0.05) is 18.2 Å². The van der Waals surface area contributed by atoms with Gasteiger partial charge in [-0.15, -0.1) is 5.10 Å². The van der Waals surface area contributed by atoms with Gasteiger partial charge in [-0.2, -0.15) is 4.98 Å². The van der Waals surface area contributed by atoms with Gasteiger partial charge >= 0.3 is 0 Å². The number of aromatic nitrogens is 4. The molecule has 6 nitrogen and oxygen atoms in total. The predicted molar refractivity (Wildman–Crippen MR) is 64.0 cm³/mol. The van der Waals surface area contributed by atoms with E-state index in [0.717, 1.165) is 11.3 Å². The topological polar surface area (TPSA) is 89.7 Å². The predicted octanol–water partition coefficient (Wildman–Crippen LogP) is 1.75. The van der Waals surface area contributed by atoms with Crippen molar-refractivity contribution in [1.29, 1.82) is 0 Å². The van der Waals surface area contributed by atoms with E-state index in [1.165, 1.54) is 0 Å². The maximum absolute atomic E-state index is 5.80. The second-order valence-corrected chi connectivity index (χ2v) is 3.80. The highest BCUT2D eigenvalue weighted by atomic mass is 16.5. The first kappa shape index (κ1) is 11.4. The van der Waals surface area contributed by atoms with Crippen molar-refractivity contribution in [2.75, 3.05) is 5.73 Å². The number of nitrogen functional groups attached to an aromatic ring is 1. The summed E-state index contributed by atoms with van der Waals surface area (Å²) in [6, 6.07) is 1.79. The summed E-state index contributed by atoms with van der Waals surface area (Å²) in [6.07, 6.45) is 0.709. The Morgan fingerprint density at radius 3 is 2.71 bits per heavy atom. The molecule has 3 N–H and O–H groups in total. The summed E-state index contributed by atoms with van der Waals surface area (Å²) in [5, 5.41) is 6.79. The van der Waals surface area contributed by atoms with Crippen LogP contribution < -0.4 is 10.5 Å². The Labute approximate surface area is 99.2 Å². The van der Waals surface area contributed by atoms with Gasteiger partial charge in [0.2, 0.25) is 11.8 Å². The van der Waals surface area contributed by atoms with Gasteiger partial charge < -0.3 is 10.5 Å². The van der Waals surface area contributed by atoms with Crippen LogP contribution in [0.4, 0.5) is 5.82 Å². The lowest BCUT2D eigenvalue weighted by atomic mass is 10.3. The van der Waals surface area contributed by atoms with Gasteiger partial charge in [-0.1, -0.05) is 6.92 Å². The molecule has 2 aromatic rings. The Morgan fingerprint density at radius 2 is 2.12 bits per heavy atom. The smallest absolute Gasteiger partial charge is 0.240 e. The van der Waals surface area contributed by atoms with Crippen molar-refractivity contribution in [3.63, 3.8) is 0 Å². The molecular weight excluding hydrogens is 218 g/mol. The average Bonchev–Trinajstić information content (AvgIpc) is 2.70. The molecule has 0 aliphatic carbocycles. The molecule has 0 aromatic carbocycles. The molecule has 0 saturated heterocycles. The zero-order valence-corrected chi connectivity index (χ0v) is 10.1. The van der Waals surface area contributed by atoms with E-state index >= 15 is 0 Å². The van der Waals surface area contributed by atoms with E-state index < -0.39 is 0 Å². The minimum atomic E-state index is 0.444. The van der Waals surface area contributed by atoms with Crippen molar-refractivity contribution < 1.29 is 4.74 Å². The lowest BCUT2D eigenvalue weighted by Gasteiger charge is -2.08. The summed E-state index contributed by atoms with van der Waals surface area (Å²) in [5.74, 6) is 2.04. The van der Waals surface area contributed by atoms with Crippen LogP contribution in [0.15, 0.2) is 6.07 Å². The number of hydrogen-bond donors (Lipinski definition) is 2. The molecule has 2 heterocycles. The van der Waals surface area contributed by atoms with Crippen molar-refractivity contribution >= 4 is 5.82 Å². The van der Waals surface area contributed by atoms with E-state index in [2.05, 4.69) is 20.2 Å². The van der Waals surface area contributed by atoms with Gasteiger partial charge in [0.1, 0.15) is 11.6 Å². The first-order valence-corrected chi connectivity index (χ1v) is 5.43. The Kier molecular flexibility index (Phi) is 2.95. The van der Waals surface area contributed by atoms with Crippen molar-refractivity contribution in [2.24, 2.45) is 0 Å². The largest absolute Gasteiger partial charge is 0.419 e. The fourth-order valence-corrected chi connectivity index (χ4v) is 1.36. The summed E-state index contributed by atoms with van der Waals surface area (Å²) in [7, 11) is 0. The molecule has 2 rings (SSSR count). The highest BCUT2D eigenvalue weighted by Gasteiger charge is 2.11. The molecular formula is C11H15N5O. The number of nitrogens with one attached hydrogen (secondary N) is 1. The Hall–Kier alpha value is -2.11. The first-order chi connectivity index (χ1) is 8.10. The zero-order valence-electron chi connectivity index (χ0n) is 10.1. The number of ether oxygens (including phenoxy) is 1. The third kappa shape index (κ3) is 2.35. The quantitative estimate of drug-likeness (QED) is 0.843. The third-order valence-electron chi connectivity index (χ3n) is 2.39. The van der Waals surface area contributed by atoms with E-state index in [4.69, 9.17) is 10.5 Å². The van der Waals surface area contributed by atoms with Gasteiger partial charge in [-0.3, -0.25) is 5.10 Å². The van der Waals surface area contributed by atoms with Gasteiger partial charge in [-0.05, 0) is 13.8 Å². The van der Waals surface area contributed by atoms with Crippen LogP contribution in [0.25, 0.3) is 0 Å². The summed E-state index contributed by atoms with van der Waals surface area (Å²) < 4.78 is 5.58. The fourth-order valence-electron chi connectivity index (χ4n) is 1.36. The molecule has 0 radical (unpaired) electrons. The summed E-state index contributed by atoms with van der Waals surface area (Å²) in [4.78, 5) is 8.45. The van der Waals surface area contributed by atoms with Crippen LogP contribution in [0, 0.1) is 13.8 Å². The molecule has 0 spiro atoms. The highest BCUT2D eigenvalue weighted by Crippen LogP contribution is 2.24. The molecule has 0 aliphatic rings. The minimum absolute atomic E-state index is 0.444. The average molecular weight is 233 g/mol. The second kappa shape index (κ2) is 4.40. The lowest BCUT2D eigenvalue weighted by Crippen LogP contribution is -2.04. The number of H-pyrrole nitrogens is 1. The van der Waals surface area contributed by atoms with Gasteiger partial charge in [0.05, 0.1) is 5.56 Å². The van der Waals surface area contributed by atoms with Gasteiger partial charge in [0.15, 0.2) is 0 Å². The molecule has 0 bridgehead atoms. The summed E-state index contributed by atoms with van der Waals surface area (Å²) >= 11 is 0. The van der Waals surface area contributed by atoms with Crippen molar-refractivity contribution in [1.82, 2.24) is 20.2 Å². The number of nitrogens with zero attached hydrogens (tertiary/aromatic N) is 3. The Bertz CT molecular complexity index is 535. The molecule has 0 aliphatic heterocycles. The third-order valence-corrected chi connectivity index (χ3v) is 2.39. The number of hydrogen-bond acceptors (Lipinski definition) is 5. The molecule has 0 unspecified atom stereocenters. The van der Waals surface area contributed by atoms with E-state index in [0.29, 0.717) is 29.8 Å². The van der Waals surface area contributed by atoms with E-state index in [1.807, 2.05) is 20.8 Å². The van der Waals surface area contributed by atoms with Crippen LogP contribution in [-0.2, 0) is 6.42 Å². The fraction of sp³-hybridized carbons (Fsp3) is 0.364. The molecule has 2 aromatic heterocycles. The first-order valence-electron chi connectivity index (χ1n) is 5.43. The number of nitrogens with two attached hydrogens (primary N) is 1. The van der Waals surface area contributed by atoms with Crippen LogP contribution in [-0.4, -0.2) is 20.2 Å². The number of anilines is 1. The molecule has 0 saturated carbocycles. The Balaban J connectivity index is 2.34. The standard InChI is InChI=1S/C11H15N5O/c1-4-8-13-10(12)7(3)11(14-8)17-9-5-6(2)15-16-9/h5H,4H2,1-3H3,(H,15,16)(H2,12,13,14). The number of aryl methyl sites for hydroxylation is 2. The maximum atomic E-state index is 5.80. The minimum Gasteiger partial charge on any atom is -0.419 e. The van der Waals surface area contributed by atoms with Gasteiger partial charge in [0.25, 0.3) is 0 Å². The van der Waals surface area contributed by atoms with E-state index in [1.54, 1.807) is 6.07 Å². The summed E-state index contributed by atoms with van der Waals surface area (Å²) in [5.41, 5.74) is 7.45.